The zero-order valence-corrected chi connectivity index (χ0v) is 18.2. The van der Waals surface area contributed by atoms with Crippen LogP contribution >= 0.6 is 11.3 Å². The monoisotopic (exact) mass is 421 g/mol. The van der Waals surface area contributed by atoms with E-state index in [2.05, 4.69) is 15.4 Å². The van der Waals surface area contributed by atoms with Crippen LogP contribution in [0, 0.1) is 5.92 Å². The number of likely N-dealkylation sites (tertiary alicyclic amines) is 1. The van der Waals surface area contributed by atoms with Crippen LogP contribution in [0.4, 0.5) is 5.13 Å². The van der Waals surface area contributed by atoms with Crippen LogP contribution < -0.4 is 10.1 Å². The molecule has 10 heteroatoms. The summed E-state index contributed by atoms with van der Waals surface area (Å²) in [4.78, 5) is 31.9. The van der Waals surface area contributed by atoms with E-state index in [1.54, 1.807) is 36.2 Å². The van der Waals surface area contributed by atoms with Gasteiger partial charge in [-0.3, -0.25) is 14.3 Å². The molecule has 0 spiro atoms. The van der Waals surface area contributed by atoms with Crippen LogP contribution in [0.25, 0.3) is 0 Å². The first-order valence-corrected chi connectivity index (χ1v) is 10.2. The van der Waals surface area contributed by atoms with Gasteiger partial charge in [0, 0.05) is 30.8 Å². The smallest absolute Gasteiger partial charge is 0.232 e. The Morgan fingerprint density at radius 1 is 1.34 bits per heavy atom. The molecule has 29 heavy (non-hydrogen) atoms. The number of aromatic nitrogens is 3. The Balaban J connectivity index is 1.88. The summed E-state index contributed by atoms with van der Waals surface area (Å²) in [5.74, 6) is -0.836. The fourth-order valence-electron chi connectivity index (χ4n) is 3.59. The molecule has 2 aromatic heterocycles. The van der Waals surface area contributed by atoms with E-state index < -0.39 is 17.5 Å². The molecule has 1 fully saturated rings. The molecule has 0 saturated carbocycles. The Morgan fingerprint density at radius 3 is 2.72 bits per heavy atom. The van der Waals surface area contributed by atoms with Crippen molar-refractivity contribution >= 4 is 28.3 Å². The zero-order chi connectivity index (χ0) is 21.2. The normalized spacial score (nSPS) is 19.6. The molecule has 3 rings (SSSR count). The predicted octanol–water partition coefficient (Wildman–Crippen LogP) is 2.32. The standard InChI is InChI=1S/C19H27N5O4S/c1-19(2,3)24-14(25)8-13(17(26)22-18-20-10-15(28-5)29-18)16(24)12-9-21-23(11-12)6-7-27-4/h9-11,13,16H,6-8H2,1-5H3,(H,20,22,26)/t13-,16+/m0/s1. The molecule has 0 unspecified atom stereocenters. The quantitative estimate of drug-likeness (QED) is 0.737. The highest BCUT2D eigenvalue weighted by Gasteiger charge is 2.49. The van der Waals surface area contributed by atoms with Crippen LogP contribution in [0.3, 0.4) is 0 Å². The van der Waals surface area contributed by atoms with Crippen molar-refractivity contribution in [1.29, 1.82) is 0 Å². The van der Waals surface area contributed by atoms with Gasteiger partial charge in [-0.1, -0.05) is 11.3 Å². The summed E-state index contributed by atoms with van der Waals surface area (Å²) in [6.45, 7) is 7.05. The van der Waals surface area contributed by atoms with Gasteiger partial charge in [-0.05, 0) is 20.8 Å². The molecule has 0 bridgehead atoms. The summed E-state index contributed by atoms with van der Waals surface area (Å²) in [7, 11) is 3.18. The van der Waals surface area contributed by atoms with Crippen LogP contribution in [0.5, 0.6) is 5.06 Å². The second-order valence-corrected chi connectivity index (χ2v) is 8.89. The molecule has 1 aliphatic heterocycles. The molecule has 9 nitrogen and oxygen atoms in total. The molecule has 1 saturated heterocycles. The summed E-state index contributed by atoms with van der Waals surface area (Å²) in [6.07, 6.45) is 5.30. The van der Waals surface area contributed by atoms with Crippen LogP contribution in [0.1, 0.15) is 38.8 Å². The van der Waals surface area contributed by atoms with Gasteiger partial charge in [-0.2, -0.15) is 5.10 Å². The fourth-order valence-corrected chi connectivity index (χ4v) is 4.23. The molecule has 1 N–H and O–H groups in total. The molecule has 158 valence electrons. The minimum atomic E-state index is -0.545. The number of amides is 2. The van der Waals surface area contributed by atoms with Gasteiger partial charge >= 0.3 is 0 Å². The molecular weight excluding hydrogens is 394 g/mol. The molecule has 2 amide bonds. The summed E-state index contributed by atoms with van der Waals surface area (Å²) in [6, 6.07) is -0.402. The summed E-state index contributed by atoms with van der Waals surface area (Å²) < 4.78 is 12.0. The summed E-state index contributed by atoms with van der Waals surface area (Å²) >= 11 is 1.24. The van der Waals surface area contributed by atoms with Crippen LogP contribution in [0.2, 0.25) is 0 Å². The minimum Gasteiger partial charge on any atom is -0.486 e. The van der Waals surface area contributed by atoms with E-state index >= 15 is 0 Å². The first-order valence-electron chi connectivity index (χ1n) is 9.38. The summed E-state index contributed by atoms with van der Waals surface area (Å²) in [5, 5.41) is 8.26. The van der Waals surface area contributed by atoms with Crippen LogP contribution in [0.15, 0.2) is 18.6 Å². The van der Waals surface area contributed by atoms with Crippen molar-refractivity contribution < 1.29 is 19.1 Å². The van der Waals surface area contributed by atoms with Gasteiger partial charge in [-0.15, -0.1) is 0 Å². The van der Waals surface area contributed by atoms with Gasteiger partial charge in [0.1, 0.15) is 0 Å². The lowest BCUT2D eigenvalue weighted by molar-refractivity contribution is -0.133. The van der Waals surface area contributed by atoms with Gasteiger partial charge in [0.15, 0.2) is 10.2 Å². The maximum Gasteiger partial charge on any atom is 0.232 e. The van der Waals surface area contributed by atoms with Crippen molar-refractivity contribution in [3.8, 4) is 5.06 Å². The van der Waals surface area contributed by atoms with Gasteiger partial charge in [0.25, 0.3) is 0 Å². The number of nitrogens with zero attached hydrogens (tertiary/aromatic N) is 4. The number of thiazole rings is 1. The molecule has 0 aliphatic carbocycles. The number of hydrogen-bond acceptors (Lipinski definition) is 7. The highest BCUT2D eigenvalue weighted by molar-refractivity contribution is 7.17. The van der Waals surface area contributed by atoms with Gasteiger partial charge in [0.05, 0.1) is 44.6 Å². The number of carbonyl (C=O) groups is 2. The lowest BCUT2D eigenvalue weighted by Gasteiger charge is -2.38. The Kier molecular flexibility index (Phi) is 6.23. The van der Waals surface area contributed by atoms with Gasteiger partial charge < -0.3 is 19.7 Å². The SMILES string of the molecule is COCCn1cc([C@@H]2[C@@H](C(=O)Nc3ncc(OC)s3)CC(=O)N2C(C)(C)C)cn1. The third-order valence-corrected chi connectivity index (χ3v) is 5.69. The second kappa shape index (κ2) is 8.50. The molecule has 2 atom stereocenters. The lowest BCUT2D eigenvalue weighted by Crippen LogP contribution is -2.44. The Morgan fingerprint density at radius 2 is 2.10 bits per heavy atom. The van der Waals surface area contributed by atoms with Crippen LogP contribution in [-0.4, -0.2) is 57.8 Å². The third-order valence-electron chi connectivity index (χ3n) is 4.82. The number of hydrogen-bond donors (Lipinski definition) is 1. The maximum atomic E-state index is 13.1. The topological polar surface area (TPSA) is 98.6 Å². The number of ether oxygens (including phenoxy) is 2. The van der Waals surface area contributed by atoms with Gasteiger partial charge in [-0.25, -0.2) is 4.98 Å². The van der Waals surface area contributed by atoms with Crippen molar-refractivity contribution in [2.24, 2.45) is 5.92 Å². The number of rotatable bonds is 7. The molecular formula is C19H27N5O4S. The van der Waals surface area contributed by atoms with E-state index in [1.165, 1.54) is 11.3 Å². The fraction of sp³-hybridized carbons (Fsp3) is 0.579. The average molecular weight is 422 g/mol. The van der Waals surface area contributed by atoms with Gasteiger partial charge in [0.2, 0.25) is 11.8 Å². The Bertz CT molecular complexity index is 872. The van der Waals surface area contributed by atoms with Crippen LogP contribution in [-0.2, 0) is 20.9 Å². The zero-order valence-electron chi connectivity index (χ0n) is 17.3. The minimum absolute atomic E-state index is 0.0518. The van der Waals surface area contributed by atoms with E-state index in [9.17, 15) is 9.59 Å². The molecule has 1 aliphatic rings. The highest BCUT2D eigenvalue weighted by atomic mass is 32.1. The first kappa shape index (κ1) is 21.3. The first-order chi connectivity index (χ1) is 13.7. The number of methoxy groups -OCH3 is 2. The van der Waals surface area contributed by atoms with Crippen molar-refractivity contribution in [2.45, 2.75) is 45.3 Å². The largest absolute Gasteiger partial charge is 0.486 e. The summed E-state index contributed by atoms with van der Waals surface area (Å²) in [5.41, 5.74) is 0.397. The maximum absolute atomic E-state index is 13.1. The second-order valence-electron chi connectivity index (χ2n) is 7.90. The predicted molar refractivity (Wildman–Crippen MR) is 109 cm³/mol. The van der Waals surface area contributed by atoms with E-state index in [0.717, 1.165) is 5.56 Å². The number of nitrogens with one attached hydrogen (secondary N) is 1. The molecule has 0 radical (unpaired) electrons. The number of carbonyl (C=O) groups excluding carboxylic acids is 2. The average Bonchev–Trinajstić information content (AvgIpc) is 3.37. The highest BCUT2D eigenvalue weighted by Crippen LogP contribution is 2.43. The van der Waals surface area contributed by atoms with E-state index in [4.69, 9.17) is 9.47 Å². The van der Waals surface area contributed by atoms with E-state index in [0.29, 0.717) is 23.3 Å². The van der Waals surface area contributed by atoms with Crippen molar-refractivity contribution in [3.05, 3.63) is 24.2 Å². The van der Waals surface area contributed by atoms with Crippen molar-refractivity contribution in [2.75, 3.05) is 26.1 Å². The Hall–Kier alpha value is -2.46. The van der Waals surface area contributed by atoms with Crippen molar-refractivity contribution in [3.63, 3.8) is 0 Å². The number of anilines is 1. The third kappa shape index (κ3) is 4.59. The molecule has 3 heterocycles. The molecule has 0 aromatic carbocycles. The Labute approximate surface area is 174 Å². The molecule has 2 aromatic rings. The lowest BCUT2D eigenvalue weighted by atomic mass is 9.93. The van der Waals surface area contributed by atoms with E-state index in [1.807, 2.05) is 27.0 Å². The van der Waals surface area contributed by atoms with E-state index in [-0.39, 0.29) is 18.2 Å². The van der Waals surface area contributed by atoms with Crippen molar-refractivity contribution in [1.82, 2.24) is 19.7 Å².